The molecule has 0 saturated heterocycles. The Morgan fingerprint density at radius 2 is 1.85 bits per heavy atom. The van der Waals surface area contributed by atoms with Crippen molar-refractivity contribution in [1.82, 2.24) is 0 Å². The van der Waals surface area contributed by atoms with E-state index in [0.29, 0.717) is 6.54 Å². The highest BCUT2D eigenvalue weighted by Crippen LogP contribution is 2.34. The zero-order chi connectivity index (χ0) is 13.8. The lowest BCUT2D eigenvalue weighted by Crippen LogP contribution is -1.98. The highest BCUT2D eigenvalue weighted by atomic mass is 79.9. The Balaban J connectivity index is 1.52. The van der Waals surface area contributed by atoms with Crippen LogP contribution in [0.1, 0.15) is 31.4 Å². The van der Waals surface area contributed by atoms with E-state index in [0.717, 1.165) is 21.4 Å². The van der Waals surface area contributed by atoms with E-state index < -0.39 is 0 Å². The van der Waals surface area contributed by atoms with Gasteiger partial charge in [-0.15, -0.1) is 11.8 Å². The SMILES string of the molecule is Brc1ccc(CNc2ccc(SC3CCCC3)cc2)o1. The monoisotopic (exact) mass is 351 g/mol. The molecule has 1 aromatic carbocycles. The van der Waals surface area contributed by atoms with Crippen LogP contribution in [0.2, 0.25) is 0 Å². The molecule has 1 N–H and O–H groups in total. The first-order chi connectivity index (χ1) is 9.79. The Kier molecular flexibility index (Phi) is 4.73. The van der Waals surface area contributed by atoms with Crippen LogP contribution >= 0.6 is 27.7 Å². The van der Waals surface area contributed by atoms with Gasteiger partial charge >= 0.3 is 0 Å². The summed E-state index contributed by atoms with van der Waals surface area (Å²) in [5.41, 5.74) is 1.13. The summed E-state index contributed by atoms with van der Waals surface area (Å²) in [6, 6.07) is 12.6. The minimum atomic E-state index is 0.709. The van der Waals surface area contributed by atoms with Gasteiger partial charge in [0.15, 0.2) is 4.67 Å². The van der Waals surface area contributed by atoms with E-state index in [9.17, 15) is 0 Å². The topological polar surface area (TPSA) is 25.2 Å². The highest BCUT2D eigenvalue weighted by molar-refractivity contribution is 9.10. The van der Waals surface area contributed by atoms with Gasteiger partial charge in [0.2, 0.25) is 0 Å². The Hall–Kier alpha value is -0.870. The van der Waals surface area contributed by atoms with Gasteiger partial charge in [0.25, 0.3) is 0 Å². The van der Waals surface area contributed by atoms with Gasteiger partial charge in [-0.05, 0) is 65.2 Å². The summed E-state index contributed by atoms with van der Waals surface area (Å²) in [7, 11) is 0. The van der Waals surface area contributed by atoms with Crippen molar-refractivity contribution >= 4 is 33.4 Å². The second kappa shape index (κ2) is 6.72. The van der Waals surface area contributed by atoms with E-state index in [1.165, 1.54) is 30.6 Å². The molecule has 0 radical (unpaired) electrons. The highest BCUT2D eigenvalue weighted by Gasteiger charge is 2.15. The van der Waals surface area contributed by atoms with E-state index in [1.807, 2.05) is 23.9 Å². The summed E-state index contributed by atoms with van der Waals surface area (Å²) in [6.45, 7) is 0.709. The minimum absolute atomic E-state index is 0.709. The second-order valence-corrected chi connectivity index (χ2v) is 7.26. The Bertz CT molecular complexity index is 546. The van der Waals surface area contributed by atoms with Gasteiger partial charge in [0.05, 0.1) is 6.54 Å². The molecule has 0 unspecified atom stereocenters. The lowest BCUT2D eigenvalue weighted by molar-refractivity contribution is 0.495. The largest absolute Gasteiger partial charge is 0.452 e. The molecule has 1 aliphatic rings. The summed E-state index contributed by atoms with van der Waals surface area (Å²) in [5, 5.41) is 4.20. The summed E-state index contributed by atoms with van der Waals surface area (Å²) in [4.78, 5) is 1.38. The fraction of sp³-hybridized carbons (Fsp3) is 0.375. The molecule has 2 nitrogen and oxygen atoms in total. The molecule has 0 atom stereocenters. The molecule has 2 aromatic rings. The second-order valence-electron chi connectivity index (χ2n) is 5.11. The lowest BCUT2D eigenvalue weighted by Gasteiger charge is -2.10. The molecule has 106 valence electrons. The Morgan fingerprint density at radius 1 is 1.10 bits per heavy atom. The third-order valence-corrected chi connectivity index (χ3v) is 5.33. The van der Waals surface area contributed by atoms with Gasteiger partial charge in [0, 0.05) is 15.8 Å². The number of furan rings is 1. The predicted octanol–water partition coefficient (Wildman–Crippen LogP) is 5.69. The standard InChI is InChI=1S/C16H18BrNOS/c17-16-10-7-13(19-16)11-18-12-5-8-15(9-6-12)20-14-3-1-2-4-14/h5-10,14,18H,1-4,11H2. The van der Waals surface area contributed by atoms with Crippen molar-refractivity contribution in [3.05, 3.63) is 46.8 Å². The molecule has 1 heterocycles. The first-order valence-electron chi connectivity index (χ1n) is 7.04. The number of hydrogen-bond acceptors (Lipinski definition) is 3. The fourth-order valence-electron chi connectivity index (χ4n) is 2.49. The molecule has 20 heavy (non-hydrogen) atoms. The number of hydrogen-bond donors (Lipinski definition) is 1. The van der Waals surface area contributed by atoms with Crippen LogP contribution in [-0.4, -0.2) is 5.25 Å². The van der Waals surface area contributed by atoms with Crippen molar-refractivity contribution in [2.24, 2.45) is 0 Å². The quantitative estimate of drug-likeness (QED) is 0.748. The van der Waals surface area contributed by atoms with Crippen LogP contribution in [0, 0.1) is 0 Å². The van der Waals surface area contributed by atoms with Crippen LogP contribution < -0.4 is 5.32 Å². The average molecular weight is 352 g/mol. The number of nitrogens with one attached hydrogen (secondary N) is 1. The van der Waals surface area contributed by atoms with Crippen molar-refractivity contribution in [3.8, 4) is 0 Å². The van der Waals surface area contributed by atoms with Gasteiger partial charge in [-0.1, -0.05) is 12.8 Å². The van der Waals surface area contributed by atoms with Gasteiger partial charge in [-0.3, -0.25) is 0 Å². The molecule has 0 aliphatic heterocycles. The van der Waals surface area contributed by atoms with Crippen molar-refractivity contribution in [2.75, 3.05) is 5.32 Å². The number of benzene rings is 1. The maximum absolute atomic E-state index is 5.47. The molecule has 1 aromatic heterocycles. The van der Waals surface area contributed by atoms with E-state index >= 15 is 0 Å². The molecule has 4 heteroatoms. The van der Waals surface area contributed by atoms with Crippen molar-refractivity contribution in [2.45, 2.75) is 42.4 Å². The van der Waals surface area contributed by atoms with Gasteiger partial charge in [0.1, 0.15) is 5.76 Å². The number of anilines is 1. The van der Waals surface area contributed by atoms with Crippen molar-refractivity contribution in [1.29, 1.82) is 0 Å². The first-order valence-corrected chi connectivity index (χ1v) is 8.72. The van der Waals surface area contributed by atoms with Crippen LogP contribution in [0.15, 0.2) is 50.4 Å². The van der Waals surface area contributed by atoms with Gasteiger partial charge < -0.3 is 9.73 Å². The van der Waals surface area contributed by atoms with Crippen LogP contribution in [0.4, 0.5) is 5.69 Å². The molecule has 1 fully saturated rings. The van der Waals surface area contributed by atoms with Gasteiger partial charge in [-0.25, -0.2) is 0 Å². The molecule has 1 saturated carbocycles. The Labute approximate surface area is 132 Å². The third-order valence-electron chi connectivity index (χ3n) is 3.55. The van der Waals surface area contributed by atoms with Crippen LogP contribution in [-0.2, 0) is 6.54 Å². The van der Waals surface area contributed by atoms with Crippen molar-refractivity contribution < 1.29 is 4.42 Å². The zero-order valence-corrected chi connectivity index (χ0v) is 13.7. The zero-order valence-electron chi connectivity index (χ0n) is 11.3. The maximum Gasteiger partial charge on any atom is 0.169 e. The summed E-state index contributed by atoms with van der Waals surface area (Å²) in [6.07, 6.45) is 5.54. The summed E-state index contributed by atoms with van der Waals surface area (Å²) >= 11 is 5.34. The minimum Gasteiger partial charge on any atom is -0.452 e. The molecule has 0 spiro atoms. The number of halogens is 1. The van der Waals surface area contributed by atoms with Gasteiger partial charge in [-0.2, -0.15) is 0 Å². The van der Waals surface area contributed by atoms with Crippen LogP contribution in [0.5, 0.6) is 0 Å². The van der Waals surface area contributed by atoms with E-state index in [2.05, 4.69) is 45.5 Å². The summed E-state index contributed by atoms with van der Waals surface area (Å²) < 4.78 is 6.24. The van der Waals surface area contributed by atoms with Crippen LogP contribution in [0.3, 0.4) is 0 Å². The normalized spacial score (nSPS) is 15.7. The molecule has 3 rings (SSSR count). The predicted molar refractivity (Wildman–Crippen MR) is 88.3 cm³/mol. The van der Waals surface area contributed by atoms with E-state index in [-0.39, 0.29) is 0 Å². The number of thioether (sulfide) groups is 1. The lowest BCUT2D eigenvalue weighted by atomic mass is 10.3. The fourth-order valence-corrected chi connectivity index (χ4v) is 4.07. The van der Waals surface area contributed by atoms with Crippen LogP contribution in [0.25, 0.3) is 0 Å². The molecule has 0 bridgehead atoms. The van der Waals surface area contributed by atoms with E-state index in [1.54, 1.807) is 0 Å². The number of rotatable bonds is 5. The first kappa shape index (κ1) is 14.1. The smallest absolute Gasteiger partial charge is 0.169 e. The Morgan fingerprint density at radius 3 is 2.50 bits per heavy atom. The molecule has 1 aliphatic carbocycles. The average Bonchev–Trinajstić information content (AvgIpc) is 3.10. The molecule has 0 amide bonds. The summed E-state index contributed by atoms with van der Waals surface area (Å²) in [5.74, 6) is 0.932. The maximum atomic E-state index is 5.47. The van der Waals surface area contributed by atoms with Crippen molar-refractivity contribution in [3.63, 3.8) is 0 Å². The molecular weight excluding hydrogens is 334 g/mol. The molecular formula is C16H18BrNOS. The third kappa shape index (κ3) is 3.83. The van der Waals surface area contributed by atoms with E-state index in [4.69, 9.17) is 4.42 Å².